The molecule has 5 rings (SSSR count). The largest absolute Gasteiger partial charge is 0.454 e. The molecule has 3 aromatic rings. The number of rotatable bonds is 4. The molecule has 0 aliphatic carbocycles. The number of carbonyl (C=O) groups is 1. The molecule has 2 aliphatic heterocycles. The van der Waals surface area contributed by atoms with Crippen LogP contribution in [0.4, 0.5) is 0 Å². The van der Waals surface area contributed by atoms with E-state index in [4.69, 9.17) is 9.47 Å². The molecule has 1 aromatic heterocycles. The third-order valence-corrected chi connectivity index (χ3v) is 5.76. The zero-order valence-corrected chi connectivity index (χ0v) is 16.5. The number of para-hydroxylation sites is 1. The smallest absolute Gasteiger partial charge is 0.252 e. The number of nitrogens with one attached hydrogen (secondary N) is 3. The van der Waals surface area contributed by atoms with Gasteiger partial charge in [-0.2, -0.15) is 0 Å². The van der Waals surface area contributed by atoms with Crippen LogP contribution in [0.2, 0.25) is 0 Å². The van der Waals surface area contributed by atoms with E-state index in [1.165, 1.54) is 22.2 Å². The maximum absolute atomic E-state index is 12.7. The summed E-state index contributed by atoms with van der Waals surface area (Å²) in [6.45, 7) is 5.43. The Bertz CT molecular complexity index is 1090. The van der Waals surface area contributed by atoms with Gasteiger partial charge in [0.1, 0.15) is 0 Å². The van der Waals surface area contributed by atoms with E-state index in [1.807, 2.05) is 0 Å². The number of fused-ring (bicyclic) bond motifs is 2. The van der Waals surface area contributed by atoms with E-state index in [0.717, 1.165) is 13.0 Å². The first-order chi connectivity index (χ1) is 14.2. The highest BCUT2D eigenvalue weighted by Crippen LogP contribution is 2.34. The molecule has 7 heteroatoms. The van der Waals surface area contributed by atoms with Gasteiger partial charge < -0.3 is 19.4 Å². The molecular weight excluding hydrogens is 368 g/mol. The van der Waals surface area contributed by atoms with Crippen LogP contribution in [-0.4, -0.2) is 23.4 Å². The van der Waals surface area contributed by atoms with Gasteiger partial charge in [-0.3, -0.25) is 4.79 Å². The Hall–Kier alpha value is -3.03. The summed E-state index contributed by atoms with van der Waals surface area (Å²) in [6, 6.07) is 13.8. The third kappa shape index (κ3) is 3.03. The lowest BCUT2D eigenvalue weighted by Gasteiger charge is -2.15. The van der Waals surface area contributed by atoms with Crippen molar-refractivity contribution < 1.29 is 14.3 Å². The Morgan fingerprint density at radius 1 is 1.17 bits per heavy atom. The lowest BCUT2D eigenvalue weighted by molar-refractivity contribution is 0.0932. The highest BCUT2D eigenvalue weighted by Gasteiger charge is 2.30. The van der Waals surface area contributed by atoms with E-state index in [2.05, 4.69) is 58.8 Å². The van der Waals surface area contributed by atoms with Crippen LogP contribution in [0.25, 0.3) is 10.9 Å². The van der Waals surface area contributed by atoms with Crippen molar-refractivity contribution in [1.29, 1.82) is 0 Å². The van der Waals surface area contributed by atoms with Crippen LogP contribution in [0, 0.1) is 6.92 Å². The van der Waals surface area contributed by atoms with Crippen molar-refractivity contribution in [3.8, 4) is 11.5 Å². The summed E-state index contributed by atoms with van der Waals surface area (Å²) in [4.78, 5) is 12.7. The molecule has 2 aromatic carbocycles. The van der Waals surface area contributed by atoms with Crippen LogP contribution < -0.4 is 25.6 Å². The molecule has 0 bridgehead atoms. The van der Waals surface area contributed by atoms with E-state index in [1.54, 1.807) is 18.2 Å². The summed E-state index contributed by atoms with van der Waals surface area (Å²) >= 11 is 0. The molecule has 3 heterocycles. The molecule has 0 saturated carbocycles. The number of hydrogen-bond donors (Lipinski definition) is 3. The predicted molar refractivity (Wildman–Crippen MR) is 110 cm³/mol. The maximum Gasteiger partial charge on any atom is 0.252 e. The maximum atomic E-state index is 12.7. The first kappa shape index (κ1) is 18.0. The normalized spacial score (nSPS) is 20.3. The van der Waals surface area contributed by atoms with Crippen molar-refractivity contribution in [1.82, 2.24) is 20.7 Å². The number of aryl methyl sites for hydroxylation is 2. The third-order valence-electron chi connectivity index (χ3n) is 5.76. The van der Waals surface area contributed by atoms with Crippen molar-refractivity contribution in [3.63, 3.8) is 0 Å². The summed E-state index contributed by atoms with van der Waals surface area (Å²) in [5.41, 5.74) is 10.9. The fourth-order valence-corrected chi connectivity index (χ4v) is 4.40. The molecule has 1 fully saturated rings. The minimum atomic E-state index is -0.166. The quantitative estimate of drug-likeness (QED) is 0.636. The number of hydrogen-bond acceptors (Lipinski definition) is 5. The van der Waals surface area contributed by atoms with Crippen molar-refractivity contribution in [2.45, 2.75) is 39.0 Å². The van der Waals surface area contributed by atoms with E-state index >= 15 is 0 Å². The fraction of sp³-hybridized carbons (Fsp3) is 0.318. The van der Waals surface area contributed by atoms with Gasteiger partial charge in [-0.15, -0.1) is 0 Å². The molecular formula is C22H24N4O3. The fourth-order valence-electron chi connectivity index (χ4n) is 4.40. The van der Waals surface area contributed by atoms with E-state index in [0.29, 0.717) is 17.1 Å². The van der Waals surface area contributed by atoms with Gasteiger partial charge >= 0.3 is 0 Å². The molecule has 2 unspecified atom stereocenters. The summed E-state index contributed by atoms with van der Waals surface area (Å²) < 4.78 is 13.0. The Morgan fingerprint density at radius 2 is 2.00 bits per heavy atom. The van der Waals surface area contributed by atoms with Crippen LogP contribution in [0.5, 0.6) is 11.5 Å². The highest BCUT2D eigenvalue weighted by atomic mass is 16.7. The van der Waals surface area contributed by atoms with Crippen LogP contribution in [0.15, 0.2) is 42.5 Å². The van der Waals surface area contributed by atoms with E-state index < -0.39 is 0 Å². The summed E-state index contributed by atoms with van der Waals surface area (Å²) in [7, 11) is 0. The van der Waals surface area contributed by atoms with Crippen molar-refractivity contribution >= 4 is 16.8 Å². The molecule has 29 heavy (non-hydrogen) atoms. The van der Waals surface area contributed by atoms with Crippen LogP contribution in [0.1, 0.15) is 41.0 Å². The van der Waals surface area contributed by atoms with E-state index in [9.17, 15) is 4.79 Å². The molecule has 7 nitrogen and oxygen atoms in total. The highest BCUT2D eigenvalue weighted by molar-refractivity contribution is 5.95. The molecule has 150 valence electrons. The van der Waals surface area contributed by atoms with Gasteiger partial charge in [0.15, 0.2) is 11.5 Å². The first-order valence-electron chi connectivity index (χ1n) is 9.95. The Morgan fingerprint density at radius 3 is 2.86 bits per heavy atom. The van der Waals surface area contributed by atoms with Gasteiger partial charge in [0.25, 0.3) is 5.91 Å². The number of nitrogens with zero attached hydrogens (tertiary/aromatic N) is 1. The minimum absolute atomic E-state index is 0.115. The second-order valence-electron chi connectivity index (χ2n) is 7.44. The summed E-state index contributed by atoms with van der Waals surface area (Å²) in [6.07, 6.45) is 0.591. The van der Waals surface area contributed by atoms with Crippen molar-refractivity contribution in [2.24, 2.45) is 0 Å². The van der Waals surface area contributed by atoms with Gasteiger partial charge in [-0.1, -0.05) is 18.2 Å². The molecule has 0 spiro atoms. The number of aromatic nitrogens is 1. The monoisotopic (exact) mass is 392 g/mol. The topological polar surface area (TPSA) is 76.6 Å². The van der Waals surface area contributed by atoms with Gasteiger partial charge in [0.05, 0.1) is 12.2 Å². The standard InChI is InChI=1S/C22H24N4O3/c1-3-26-17-7-5-4-6-15(17)13(2)21(26)16-11-20(25-24-16)23-22(27)14-8-9-18-19(10-14)29-12-28-18/h4-10,16,20,24-25H,3,11-12H2,1-2H3,(H,23,27). The molecule has 2 atom stereocenters. The van der Waals surface area contributed by atoms with Crippen LogP contribution in [0.3, 0.4) is 0 Å². The van der Waals surface area contributed by atoms with E-state index in [-0.39, 0.29) is 24.9 Å². The summed E-state index contributed by atoms with van der Waals surface area (Å²) in [5.74, 6) is 1.14. The molecule has 1 amide bonds. The number of amides is 1. The lowest BCUT2D eigenvalue weighted by atomic mass is 10.1. The van der Waals surface area contributed by atoms with Crippen molar-refractivity contribution in [2.75, 3.05) is 6.79 Å². The zero-order valence-electron chi connectivity index (χ0n) is 16.5. The zero-order chi connectivity index (χ0) is 20.0. The van der Waals surface area contributed by atoms with Crippen LogP contribution in [-0.2, 0) is 6.54 Å². The van der Waals surface area contributed by atoms with Gasteiger partial charge in [0.2, 0.25) is 6.79 Å². The summed E-state index contributed by atoms with van der Waals surface area (Å²) in [5, 5.41) is 4.34. The number of hydrazine groups is 1. The van der Waals surface area contributed by atoms with Crippen LogP contribution >= 0.6 is 0 Å². The number of carbonyl (C=O) groups excluding carboxylic acids is 1. The minimum Gasteiger partial charge on any atom is -0.454 e. The number of benzene rings is 2. The predicted octanol–water partition coefficient (Wildman–Crippen LogP) is 2.99. The number of ether oxygens (including phenoxy) is 2. The molecule has 2 aliphatic rings. The Balaban J connectivity index is 1.34. The molecule has 0 radical (unpaired) electrons. The second kappa shape index (κ2) is 7.09. The van der Waals surface area contributed by atoms with Crippen molar-refractivity contribution in [3.05, 3.63) is 59.3 Å². The van der Waals surface area contributed by atoms with Gasteiger partial charge in [-0.25, -0.2) is 10.9 Å². The molecule has 3 N–H and O–H groups in total. The average Bonchev–Trinajstić information content (AvgIpc) is 3.45. The molecule has 1 saturated heterocycles. The Kier molecular flexibility index (Phi) is 4.41. The first-order valence-corrected chi connectivity index (χ1v) is 9.95. The lowest BCUT2D eigenvalue weighted by Crippen LogP contribution is -2.44. The van der Waals surface area contributed by atoms with Gasteiger partial charge in [-0.05, 0) is 43.7 Å². The second-order valence-corrected chi connectivity index (χ2v) is 7.44. The SMILES string of the molecule is CCn1c(C2CC(NC(=O)c3ccc4c(c3)OCO4)NN2)c(C)c2ccccc21. The Labute approximate surface area is 169 Å². The average molecular weight is 392 g/mol. The van der Waals surface area contributed by atoms with Gasteiger partial charge in [0, 0.05) is 35.1 Å².